The van der Waals surface area contributed by atoms with E-state index < -0.39 is 0 Å². The van der Waals surface area contributed by atoms with Crippen LogP contribution in [0.1, 0.15) is 5.56 Å². The maximum Gasteiger partial charge on any atom is 0.219 e. The van der Waals surface area contributed by atoms with Crippen LogP contribution in [-0.2, 0) is 13.6 Å². The van der Waals surface area contributed by atoms with Gasteiger partial charge in [-0.15, -0.1) is 0 Å². The summed E-state index contributed by atoms with van der Waals surface area (Å²) >= 11 is 0. The Hall–Kier alpha value is -2.80. The van der Waals surface area contributed by atoms with Crippen LogP contribution in [0, 0.1) is 5.82 Å². The molecule has 0 saturated carbocycles. The van der Waals surface area contributed by atoms with Gasteiger partial charge in [0.15, 0.2) is 7.98 Å². The SMILES string of the molecule is BNCc1cc(F)cc(-c2cc3c(nc(N(B)C)c4ncn(C)c43)[nH]2)c1. The summed E-state index contributed by atoms with van der Waals surface area (Å²) in [5.74, 6) is 0.552. The number of aryl methyl sites for hydroxylation is 1. The van der Waals surface area contributed by atoms with Gasteiger partial charge < -0.3 is 19.6 Å². The fourth-order valence-corrected chi connectivity index (χ4v) is 3.36. The van der Waals surface area contributed by atoms with Gasteiger partial charge in [-0.25, -0.2) is 14.4 Å². The number of halogens is 1. The third-order valence-corrected chi connectivity index (χ3v) is 4.49. The van der Waals surface area contributed by atoms with Gasteiger partial charge in [-0.3, -0.25) is 0 Å². The van der Waals surface area contributed by atoms with Gasteiger partial charge in [0.1, 0.15) is 22.8 Å². The summed E-state index contributed by atoms with van der Waals surface area (Å²) in [5.41, 5.74) is 5.16. The highest BCUT2D eigenvalue weighted by molar-refractivity contribution is 6.20. The maximum absolute atomic E-state index is 14.1. The lowest BCUT2D eigenvalue weighted by molar-refractivity contribution is 0.625. The van der Waals surface area contributed by atoms with Crippen molar-refractivity contribution in [1.82, 2.24) is 24.7 Å². The molecule has 0 unspecified atom stereocenters. The van der Waals surface area contributed by atoms with Gasteiger partial charge in [0.2, 0.25) is 7.98 Å². The number of aromatic nitrogens is 4. The van der Waals surface area contributed by atoms with Crippen LogP contribution in [0.4, 0.5) is 10.2 Å². The minimum atomic E-state index is -0.251. The number of rotatable bonds is 4. The third kappa shape index (κ3) is 2.64. The number of hydrogen-bond donors (Lipinski definition) is 2. The molecule has 0 spiro atoms. The van der Waals surface area contributed by atoms with E-state index in [0.717, 1.165) is 44.7 Å². The second-order valence-corrected chi connectivity index (χ2v) is 6.71. The van der Waals surface area contributed by atoms with Crippen molar-refractivity contribution in [2.24, 2.45) is 7.05 Å². The highest BCUT2D eigenvalue weighted by Gasteiger charge is 2.17. The molecule has 4 rings (SSSR count). The molecule has 6 nitrogen and oxygen atoms in total. The zero-order valence-electron chi connectivity index (χ0n) is 15.3. The highest BCUT2D eigenvalue weighted by Crippen LogP contribution is 2.32. The van der Waals surface area contributed by atoms with E-state index >= 15 is 0 Å². The average Bonchev–Trinajstić information content (AvgIpc) is 3.17. The summed E-state index contributed by atoms with van der Waals surface area (Å²) in [6.07, 6.45) is 1.79. The quantitative estimate of drug-likeness (QED) is 0.538. The summed E-state index contributed by atoms with van der Waals surface area (Å²) in [4.78, 5) is 14.5. The molecule has 0 aliphatic carbocycles. The van der Waals surface area contributed by atoms with Gasteiger partial charge in [-0.1, -0.05) is 0 Å². The van der Waals surface area contributed by atoms with Crippen LogP contribution in [0.15, 0.2) is 30.6 Å². The van der Waals surface area contributed by atoms with Crippen molar-refractivity contribution in [3.63, 3.8) is 0 Å². The van der Waals surface area contributed by atoms with Crippen LogP contribution in [0.25, 0.3) is 33.3 Å². The second kappa shape index (κ2) is 6.17. The summed E-state index contributed by atoms with van der Waals surface area (Å²) in [7, 11) is 7.71. The molecule has 0 atom stereocenters. The Bertz CT molecular complexity index is 1120. The van der Waals surface area contributed by atoms with Gasteiger partial charge in [-0.05, 0) is 36.9 Å². The summed E-state index contributed by atoms with van der Waals surface area (Å²) in [6, 6.07) is 7.09. The van der Waals surface area contributed by atoms with E-state index in [-0.39, 0.29) is 5.82 Å². The molecular formula is C17H19B2FN6. The summed E-state index contributed by atoms with van der Waals surface area (Å²) in [5, 5.41) is 4.03. The van der Waals surface area contributed by atoms with Crippen LogP contribution in [0.3, 0.4) is 0 Å². The van der Waals surface area contributed by atoms with Crippen molar-refractivity contribution in [2.75, 3.05) is 11.9 Å². The van der Waals surface area contributed by atoms with Crippen LogP contribution in [-0.4, -0.2) is 42.5 Å². The molecule has 1 aromatic carbocycles. The minimum absolute atomic E-state index is 0.251. The van der Waals surface area contributed by atoms with Crippen molar-refractivity contribution in [3.05, 3.63) is 42.0 Å². The highest BCUT2D eigenvalue weighted by atomic mass is 19.1. The molecule has 0 bridgehead atoms. The summed E-state index contributed by atoms with van der Waals surface area (Å²) in [6.45, 7) is 0.611. The number of pyridine rings is 1. The standard InChI is InChI=1S/C17H19B2FN6/c1-25-8-21-14-15(25)12-6-13(23-16(12)24-17(14)26(2)19)10-3-9(7-22-18)4-11(20)5-10/h3-6,8,22H,7,18-19H2,1-2H3,(H,23,24). The first-order valence-corrected chi connectivity index (χ1v) is 8.43. The first kappa shape index (κ1) is 16.7. The summed E-state index contributed by atoms with van der Waals surface area (Å²) < 4.78 is 16.0. The smallest absolute Gasteiger partial charge is 0.219 e. The number of fused-ring (bicyclic) bond motifs is 3. The number of H-pyrrole nitrogens is 1. The molecule has 3 aromatic heterocycles. The van der Waals surface area contributed by atoms with E-state index in [4.69, 9.17) is 4.98 Å². The van der Waals surface area contributed by atoms with Crippen molar-refractivity contribution in [2.45, 2.75) is 6.54 Å². The molecule has 9 heteroatoms. The molecule has 4 aromatic rings. The number of nitrogens with zero attached hydrogens (tertiary/aromatic N) is 4. The van der Waals surface area contributed by atoms with Crippen LogP contribution in [0.2, 0.25) is 0 Å². The maximum atomic E-state index is 14.1. The van der Waals surface area contributed by atoms with Crippen molar-refractivity contribution >= 4 is 43.8 Å². The molecular weight excluding hydrogens is 329 g/mol. The Morgan fingerprint density at radius 1 is 1.31 bits per heavy atom. The van der Waals surface area contributed by atoms with E-state index in [0.29, 0.717) is 6.54 Å². The van der Waals surface area contributed by atoms with Crippen LogP contribution in [0.5, 0.6) is 0 Å². The van der Waals surface area contributed by atoms with Crippen LogP contribution < -0.4 is 10.0 Å². The molecule has 0 saturated heterocycles. The lowest BCUT2D eigenvalue weighted by atomic mass is 10.1. The fraction of sp³-hybridized carbons (Fsp3) is 0.176. The Labute approximate surface area is 152 Å². The fourth-order valence-electron chi connectivity index (χ4n) is 3.36. The molecule has 2 N–H and O–H groups in total. The Kier molecular flexibility index (Phi) is 3.96. The number of hydrogen-bond acceptors (Lipinski definition) is 4. The van der Waals surface area contributed by atoms with E-state index in [1.165, 1.54) is 6.07 Å². The van der Waals surface area contributed by atoms with Gasteiger partial charge in [0.05, 0.1) is 11.8 Å². The van der Waals surface area contributed by atoms with Gasteiger partial charge in [0.25, 0.3) is 0 Å². The van der Waals surface area contributed by atoms with E-state index in [2.05, 4.69) is 15.2 Å². The minimum Gasteiger partial charge on any atom is -0.408 e. The first-order chi connectivity index (χ1) is 12.5. The predicted molar refractivity (Wildman–Crippen MR) is 108 cm³/mol. The first-order valence-electron chi connectivity index (χ1n) is 8.43. The average molecular weight is 348 g/mol. The number of imidazole rings is 1. The van der Waals surface area contributed by atoms with Crippen molar-refractivity contribution in [3.8, 4) is 11.3 Å². The van der Waals surface area contributed by atoms with Gasteiger partial charge in [0, 0.05) is 30.2 Å². The molecule has 130 valence electrons. The molecule has 3 heterocycles. The molecule has 0 aliphatic heterocycles. The topological polar surface area (TPSA) is 61.8 Å². The molecule has 0 fully saturated rings. The third-order valence-electron chi connectivity index (χ3n) is 4.49. The second-order valence-electron chi connectivity index (χ2n) is 6.71. The monoisotopic (exact) mass is 348 g/mol. The molecule has 26 heavy (non-hydrogen) atoms. The van der Waals surface area contributed by atoms with E-state index in [1.54, 1.807) is 12.4 Å². The number of anilines is 1. The Morgan fingerprint density at radius 2 is 2.12 bits per heavy atom. The van der Waals surface area contributed by atoms with Crippen LogP contribution >= 0.6 is 0 Å². The zero-order valence-corrected chi connectivity index (χ0v) is 15.3. The van der Waals surface area contributed by atoms with Gasteiger partial charge >= 0.3 is 0 Å². The Balaban J connectivity index is 1.96. The predicted octanol–water partition coefficient (Wildman–Crippen LogP) is 0.878. The number of aromatic amines is 1. The largest absolute Gasteiger partial charge is 0.408 e. The zero-order chi connectivity index (χ0) is 18.4. The number of nitrogens with one attached hydrogen (secondary N) is 2. The lowest BCUT2D eigenvalue weighted by Crippen LogP contribution is -2.13. The Morgan fingerprint density at radius 3 is 2.85 bits per heavy atom. The van der Waals surface area contributed by atoms with E-state index in [9.17, 15) is 4.39 Å². The van der Waals surface area contributed by atoms with Crippen molar-refractivity contribution < 1.29 is 4.39 Å². The van der Waals surface area contributed by atoms with Gasteiger partial charge in [-0.2, -0.15) is 0 Å². The lowest BCUT2D eigenvalue weighted by Gasteiger charge is -2.12. The number of benzene rings is 1. The molecule has 0 radical (unpaired) electrons. The molecule has 0 aliphatic rings. The normalized spacial score (nSPS) is 11.5. The van der Waals surface area contributed by atoms with Crippen molar-refractivity contribution in [1.29, 1.82) is 0 Å². The van der Waals surface area contributed by atoms with E-state index in [1.807, 2.05) is 51.6 Å². The molecule has 0 amide bonds.